The van der Waals surface area contributed by atoms with E-state index in [4.69, 9.17) is 14.6 Å². The fraction of sp³-hybridized carbons (Fsp3) is 0.125. The lowest BCUT2D eigenvalue weighted by atomic mass is 10.1. The number of hydrogen-bond donors (Lipinski definition) is 2. The molecule has 1 aliphatic rings. The molecule has 4 rings (SSSR count). The van der Waals surface area contributed by atoms with E-state index in [0.717, 1.165) is 16.3 Å². The van der Waals surface area contributed by atoms with E-state index in [9.17, 15) is 14.4 Å². The van der Waals surface area contributed by atoms with E-state index in [-0.39, 0.29) is 5.70 Å². The normalized spacial score (nSPS) is 14.7. The number of nitrogens with zero attached hydrogens (tertiary/aromatic N) is 1. The third kappa shape index (κ3) is 4.39. The maximum absolute atomic E-state index is 12.3. The van der Waals surface area contributed by atoms with Crippen molar-refractivity contribution in [2.45, 2.75) is 6.61 Å². The molecule has 0 radical (unpaired) electrons. The van der Waals surface area contributed by atoms with Crippen molar-refractivity contribution in [2.75, 3.05) is 13.7 Å². The van der Waals surface area contributed by atoms with E-state index in [1.807, 2.05) is 30.3 Å². The van der Waals surface area contributed by atoms with E-state index in [1.54, 1.807) is 18.2 Å². The Balaban J connectivity index is 1.50. The molecule has 0 atom stereocenters. The number of carboxylic acids is 1. The summed E-state index contributed by atoms with van der Waals surface area (Å²) in [5, 5.41) is 13.5. The number of fused-ring (bicyclic) bond motifs is 1. The van der Waals surface area contributed by atoms with Crippen molar-refractivity contribution in [3.05, 3.63) is 77.5 Å². The number of carbonyl (C=O) groups excluding carboxylic acids is 2. The second-order valence-electron chi connectivity index (χ2n) is 7.15. The van der Waals surface area contributed by atoms with Gasteiger partial charge in [-0.2, -0.15) is 0 Å². The molecular weight excluding hydrogens is 412 g/mol. The molecule has 1 heterocycles. The van der Waals surface area contributed by atoms with Crippen LogP contribution in [0.2, 0.25) is 0 Å². The predicted octanol–water partition coefficient (Wildman–Crippen LogP) is 3.40. The maximum atomic E-state index is 12.3. The summed E-state index contributed by atoms with van der Waals surface area (Å²) in [7, 11) is 1.51. The Hall–Kier alpha value is -4.33. The number of aliphatic carboxylic acids is 1. The molecule has 0 aliphatic carbocycles. The average Bonchev–Trinajstić information content (AvgIpc) is 3.04. The molecule has 0 spiro atoms. The van der Waals surface area contributed by atoms with Crippen LogP contribution in [0.25, 0.3) is 16.8 Å². The fourth-order valence-electron chi connectivity index (χ4n) is 3.40. The van der Waals surface area contributed by atoms with Gasteiger partial charge in [0, 0.05) is 0 Å². The minimum absolute atomic E-state index is 0.0110. The summed E-state index contributed by atoms with van der Waals surface area (Å²) in [5.41, 5.74) is 1.58. The lowest BCUT2D eigenvalue weighted by molar-refractivity contribution is -0.140. The van der Waals surface area contributed by atoms with Gasteiger partial charge in [-0.25, -0.2) is 9.69 Å². The molecule has 0 aromatic heterocycles. The van der Waals surface area contributed by atoms with Gasteiger partial charge in [-0.3, -0.25) is 9.59 Å². The zero-order valence-corrected chi connectivity index (χ0v) is 17.2. The highest BCUT2D eigenvalue weighted by atomic mass is 16.5. The number of amides is 3. The van der Waals surface area contributed by atoms with Crippen LogP contribution < -0.4 is 14.8 Å². The average molecular weight is 432 g/mol. The van der Waals surface area contributed by atoms with Crippen molar-refractivity contribution >= 4 is 34.8 Å². The smallest absolute Gasteiger partial charge is 0.329 e. The van der Waals surface area contributed by atoms with Crippen LogP contribution >= 0.6 is 0 Å². The largest absolute Gasteiger partial charge is 0.493 e. The van der Waals surface area contributed by atoms with Crippen molar-refractivity contribution in [1.82, 2.24) is 10.2 Å². The van der Waals surface area contributed by atoms with Gasteiger partial charge in [0.1, 0.15) is 18.8 Å². The molecule has 1 saturated heterocycles. The van der Waals surface area contributed by atoms with Crippen LogP contribution in [0.3, 0.4) is 0 Å². The Morgan fingerprint density at radius 2 is 1.81 bits per heavy atom. The number of rotatable bonds is 7. The first-order valence-electron chi connectivity index (χ1n) is 9.79. The highest BCUT2D eigenvalue weighted by Crippen LogP contribution is 2.30. The zero-order valence-electron chi connectivity index (χ0n) is 17.2. The summed E-state index contributed by atoms with van der Waals surface area (Å²) in [4.78, 5) is 35.6. The van der Waals surface area contributed by atoms with E-state index in [2.05, 4.69) is 17.4 Å². The molecule has 8 nitrogen and oxygen atoms in total. The lowest BCUT2D eigenvalue weighted by Gasteiger charge is -2.12. The standard InChI is InChI=1S/C24H20N2O6/c1-31-21-12-15(11-19-23(29)26(13-22(27)28)24(30)25-19)7-9-20(21)32-14-16-6-8-17-4-2-3-5-18(17)10-16/h2-12H,13-14H2,1H3,(H,25,30)(H,27,28)/b19-11+. The van der Waals surface area contributed by atoms with Gasteiger partial charge in [-0.05, 0) is 46.2 Å². The molecule has 3 amide bonds. The van der Waals surface area contributed by atoms with Crippen LogP contribution in [0, 0.1) is 0 Å². The van der Waals surface area contributed by atoms with Gasteiger partial charge in [0.15, 0.2) is 11.5 Å². The molecule has 0 unspecified atom stereocenters. The van der Waals surface area contributed by atoms with Gasteiger partial charge in [-0.1, -0.05) is 42.5 Å². The molecule has 1 aliphatic heterocycles. The first-order valence-corrected chi connectivity index (χ1v) is 9.79. The van der Waals surface area contributed by atoms with Crippen LogP contribution in [0.15, 0.2) is 66.4 Å². The van der Waals surface area contributed by atoms with Crippen molar-refractivity contribution < 1.29 is 29.0 Å². The van der Waals surface area contributed by atoms with Crippen LogP contribution in [0.4, 0.5) is 4.79 Å². The Morgan fingerprint density at radius 3 is 2.56 bits per heavy atom. The van der Waals surface area contributed by atoms with Gasteiger partial charge < -0.3 is 19.9 Å². The summed E-state index contributed by atoms with van der Waals surface area (Å²) in [5.74, 6) is -0.992. The molecule has 32 heavy (non-hydrogen) atoms. The van der Waals surface area contributed by atoms with Gasteiger partial charge in [-0.15, -0.1) is 0 Å². The maximum Gasteiger partial charge on any atom is 0.329 e. The number of hydrogen-bond acceptors (Lipinski definition) is 5. The number of urea groups is 1. The highest BCUT2D eigenvalue weighted by molar-refractivity contribution is 6.15. The van der Waals surface area contributed by atoms with Crippen molar-refractivity contribution in [3.63, 3.8) is 0 Å². The van der Waals surface area contributed by atoms with Crippen molar-refractivity contribution in [2.24, 2.45) is 0 Å². The molecule has 1 fully saturated rings. The number of carbonyl (C=O) groups is 3. The molecule has 8 heteroatoms. The minimum Gasteiger partial charge on any atom is -0.493 e. The van der Waals surface area contributed by atoms with E-state index < -0.39 is 24.5 Å². The number of carboxylic acid groups (broad SMARTS) is 1. The topological polar surface area (TPSA) is 105 Å². The minimum atomic E-state index is -1.27. The number of ether oxygens (including phenoxy) is 2. The lowest BCUT2D eigenvalue weighted by Crippen LogP contribution is -2.35. The van der Waals surface area contributed by atoms with Gasteiger partial charge >= 0.3 is 12.0 Å². The Labute approximate surface area is 183 Å². The van der Waals surface area contributed by atoms with Gasteiger partial charge in [0.05, 0.1) is 7.11 Å². The molecule has 0 saturated carbocycles. The van der Waals surface area contributed by atoms with Crippen molar-refractivity contribution in [3.8, 4) is 11.5 Å². The van der Waals surface area contributed by atoms with E-state index in [1.165, 1.54) is 13.2 Å². The summed E-state index contributed by atoms with van der Waals surface area (Å²) in [6.07, 6.45) is 1.46. The number of benzene rings is 3. The summed E-state index contributed by atoms with van der Waals surface area (Å²) >= 11 is 0. The second kappa shape index (κ2) is 8.81. The Kier molecular flexibility index (Phi) is 5.76. The highest BCUT2D eigenvalue weighted by Gasteiger charge is 2.34. The third-order valence-corrected chi connectivity index (χ3v) is 4.96. The summed E-state index contributed by atoms with van der Waals surface area (Å²) < 4.78 is 11.3. The van der Waals surface area contributed by atoms with E-state index in [0.29, 0.717) is 28.6 Å². The number of methoxy groups -OCH3 is 1. The molecule has 2 N–H and O–H groups in total. The van der Waals surface area contributed by atoms with Crippen LogP contribution in [0.5, 0.6) is 11.5 Å². The first kappa shape index (κ1) is 20.9. The molecular formula is C24H20N2O6. The van der Waals surface area contributed by atoms with Gasteiger partial charge in [0.25, 0.3) is 5.91 Å². The summed E-state index contributed by atoms with van der Waals surface area (Å²) in [6, 6.07) is 18.5. The molecule has 0 bridgehead atoms. The zero-order chi connectivity index (χ0) is 22.7. The predicted molar refractivity (Wildman–Crippen MR) is 117 cm³/mol. The number of nitrogens with one attached hydrogen (secondary N) is 1. The van der Waals surface area contributed by atoms with Crippen LogP contribution in [-0.4, -0.2) is 41.6 Å². The Morgan fingerprint density at radius 1 is 1.03 bits per heavy atom. The quantitative estimate of drug-likeness (QED) is 0.438. The third-order valence-electron chi connectivity index (χ3n) is 4.96. The SMILES string of the molecule is COc1cc(/C=C2/NC(=O)N(CC(=O)O)C2=O)ccc1OCc1ccc2ccccc2c1. The van der Waals surface area contributed by atoms with Crippen LogP contribution in [0.1, 0.15) is 11.1 Å². The van der Waals surface area contributed by atoms with Gasteiger partial charge in [0.2, 0.25) is 0 Å². The molecule has 162 valence electrons. The monoisotopic (exact) mass is 432 g/mol. The molecule has 3 aromatic rings. The summed E-state index contributed by atoms with van der Waals surface area (Å²) in [6.45, 7) is -0.354. The number of imide groups is 1. The van der Waals surface area contributed by atoms with Crippen LogP contribution in [-0.2, 0) is 16.2 Å². The Bertz CT molecular complexity index is 1250. The van der Waals surface area contributed by atoms with E-state index >= 15 is 0 Å². The molecule has 3 aromatic carbocycles. The van der Waals surface area contributed by atoms with Crippen molar-refractivity contribution in [1.29, 1.82) is 0 Å². The second-order valence-corrected chi connectivity index (χ2v) is 7.15. The fourth-order valence-corrected chi connectivity index (χ4v) is 3.40. The first-order chi connectivity index (χ1) is 15.4.